The predicted octanol–water partition coefficient (Wildman–Crippen LogP) is 8.41. The molecule has 2 amide bonds. The molecular weight excluding hydrogens is 681 g/mol. The van der Waals surface area contributed by atoms with Gasteiger partial charge in [0.25, 0.3) is 11.8 Å². The van der Waals surface area contributed by atoms with Crippen molar-refractivity contribution in [2.45, 2.75) is 32.2 Å². The lowest BCUT2D eigenvalue weighted by molar-refractivity contribution is -0.669. The number of hydrogen-bond acceptors (Lipinski definition) is 8. The second kappa shape index (κ2) is 13.9. The zero-order valence-electron chi connectivity index (χ0n) is 28.3. The van der Waals surface area contributed by atoms with E-state index in [0.29, 0.717) is 39.3 Å². The van der Waals surface area contributed by atoms with Crippen LogP contribution in [0.3, 0.4) is 0 Å². The fourth-order valence-electron chi connectivity index (χ4n) is 6.29. The number of anilines is 3. The highest BCUT2D eigenvalue weighted by molar-refractivity contribution is 7.93. The average Bonchev–Trinajstić information content (AvgIpc) is 3.56. The van der Waals surface area contributed by atoms with Crippen molar-refractivity contribution in [1.82, 2.24) is 0 Å². The first kappa shape index (κ1) is 33.8. The Bertz CT molecular complexity index is 2400. The number of carbonyl (C=O) groups is 2. The van der Waals surface area contributed by atoms with Gasteiger partial charge in [-0.2, -0.15) is 18.3 Å². The third-order valence-electron chi connectivity index (χ3n) is 8.96. The molecule has 0 fully saturated rings. The number of benzene rings is 5. The first-order valence-electron chi connectivity index (χ1n) is 16.5. The SMILES string of the molecule is CCN(CC)c1ccc(N=Nc2ccc3c4c(cccc24)C(=O)N(c2ccc(S(=O)(=O)Nc4scc[n+]4Cc4ccccc4)cc2)C3=O)c(C)c1. The predicted molar refractivity (Wildman–Crippen MR) is 201 cm³/mol. The highest BCUT2D eigenvalue weighted by atomic mass is 32.2. The number of amides is 2. The van der Waals surface area contributed by atoms with E-state index in [2.05, 4.69) is 39.8 Å². The molecular formula is C39H35N6O4S2+. The second-order valence-corrected chi connectivity index (χ2v) is 14.6. The van der Waals surface area contributed by atoms with Crippen molar-refractivity contribution in [3.05, 3.63) is 137 Å². The Hall–Kier alpha value is -5.72. The van der Waals surface area contributed by atoms with Crippen molar-refractivity contribution in [3.63, 3.8) is 0 Å². The van der Waals surface area contributed by atoms with Gasteiger partial charge in [-0.15, -0.1) is 5.11 Å². The molecule has 1 aliphatic rings. The largest absolute Gasteiger partial charge is 0.372 e. The van der Waals surface area contributed by atoms with Gasteiger partial charge in [-0.1, -0.05) is 53.8 Å². The van der Waals surface area contributed by atoms with E-state index in [-0.39, 0.29) is 10.6 Å². The number of hydrogen-bond donors (Lipinski definition) is 1. The fraction of sp³-hybridized carbons (Fsp3) is 0.154. The molecule has 10 nitrogen and oxygen atoms in total. The highest BCUT2D eigenvalue weighted by Gasteiger charge is 2.35. The molecule has 51 heavy (non-hydrogen) atoms. The Morgan fingerprint density at radius 3 is 2.20 bits per heavy atom. The van der Waals surface area contributed by atoms with Gasteiger partial charge in [0.05, 0.1) is 17.1 Å². The quantitative estimate of drug-likeness (QED) is 0.0822. The van der Waals surface area contributed by atoms with E-state index >= 15 is 0 Å². The van der Waals surface area contributed by atoms with Crippen molar-refractivity contribution < 1.29 is 22.6 Å². The van der Waals surface area contributed by atoms with Crippen LogP contribution < -0.4 is 19.1 Å². The van der Waals surface area contributed by atoms with Crippen LogP contribution in [-0.2, 0) is 16.6 Å². The van der Waals surface area contributed by atoms with Crippen molar-refractivity contribution in [2.75, 3.05) is 27.6 Å². The lowest BCUT2D eigenvalue weighted by atomic mass is 9.93. The molecule has 5 aromatic carbocycles. The number of rotatable bonds is 11. The van der Waals surface area contributed by atoms with E-state index < -0.39 is 21.8 Å². The molecule has 0 saturated heterocycles. The van der Waals surface area contributed by atoms with Crippen LogP contribution in [0, 0.1) is 6.92 Å². The summed E-state index contributed by atoms with van der Waals surface area (Å²) in [5, 5.41) is 12.5. The van der Waals surface area contributed by atoms with Crippen molar-refractivity contribution in [1.29, 1.82) is 0 Å². The molecule has 0 aliphatic carbocycles. The average molecular weight is 716 g/mol. The molecule has 0 saturated carbocycles. The van der Waals surface area contributed by atoms with E-state index in [1.807, 2.05) is 71.6 Å². The summed E-state index contributed by atoms with van der Waals surface area (Å²) in [7, 11) is -3.97. The van der Waals surface area contributed by atoms with E-state index in [1.165, 1.54) is 35.6 Å². The molecule has 1 N–H and O–H groups in total. The summed E-state index contributed by atoms with van der Waals surface area (Å²) in [6.07, 6.45) is 1.82. The van der Waals surface area contributed by atoms with E-state index in [0.717, 1.165) is 40.5 Å². The number of nitrogens with one attached hydrogen (secondary N) is 1. The molecule has 256 valence electrons. The normalized spacial score (nSPS) is 13.0. The molecule has 12 heteroatoms. The van der Waals surface area contributed by atoms with Gasteiger partial charge in [-0.25, -0.2) is 9.47 Å². The summed E-state index contributed by atoms with van der Waals surface area (Å²) in [4.78, 5) is 31.1. The molecule has 1 aromatic heterocycles. The summed E-state index contributed by atoms with van der Waals surface area (Å²) in [5.41, 5.74) is 5.36. The number of aromatic nitrogens is 1. The van der Waals surface area contributed by atoms with E-state index in [9.17, 15) is 18.0 Å². The third-order valence-corrected chi connectivity index (χ3v) is 11.3. The molecule has 0 unspecified atom stereocenters. The molecule has 0 spiro atoms. The van der Waals surface area contributed by atoms with Crippen LogP contribution in [-0.4, -0.2) is 33.3 Å². The zero-order chi connectivity index (χ0) is 35.7. The van der Waals surface area contributed by atoms with Gasteiger partial charge in [-0.3, -0.25) is 9.59 Å². The lowest BCUT2D eigenvalue weighted by Crippen LogP contribution is -2.40. The fourth-order valence-corrected chi connectivity index (χ4v) is 8.37. The summed E-state index contributed by atoms with van der Waals surface area (Å²) in [5.74, 6) is -1.02. The number of imide groups is 1. The maximum Gasteiger partial charge on any atom is 0.349 e. The number of azo groups is 1. The lowest BCUT2D eigenvalue weighted by Gasteiger charge is -2.27. The number of carbonyl (C=O) groups excluding carboxylic acids is 2. The molecule has 1 aliphatic heterocycles. The monoisotopic (exact) mass is 715 g/mol. The standard InChI is InChI=1S/C39H34N6O4S2/c1-4-43(5-2)29-16-20-34(26(3)24-29)40-41-35-21-19-33-36-31(35)12-9-13-32(36)37(46)45(38(33)47)28-14-17-30(18-15-28)51(48,49)42-39-44(22-23-50-39)25-27-10-7-6-8-11-27/h6-24H,4-5,25H2,1-3H3/p+1. The van der Waals surface area contributed by atoms with Crippen LogP contribution in [0.5, 0.6) is 0 Å². The molecule has 2 heterocycles. The van der Waals surface area contributed by atoms with E-state index in [4.69, 9.17) is 0 Å². The minimum atomic E-state index is -3.97. The van der Waals surface area contributed by atoms with Gasteiger partial charge in [0, 0.05) is 46.1 Å². The second-order valence-electron chi connectivity index (χ2n) is 12.1. The van der Waals surface area contributed by atoms with Crippen molar-refractivity contribution in [2.24, 2.45) is 10.2 Å². The number of nitrogens with zero attached hydrogens (tertiary/aromatic N) is 5. The van der Waals surface area contributed by atoms with Gasteiger partial charge in [0.1, 0.15) is 17.6 Å². The van der Waals surface area contributed by atoms with Crippen LogP contribution in [0.2, 0.25) is 0 Å². The molecule has 6 aromatic rings. The summed E-state index contributed by atoms with van der Waals surface area (Å²) in [6, 6.07) is 30.2. The first-order valence-corrected chi connectivity index (χ1v) is 18.9. The minimum Gasteiger partial charge on any atom is -0.372 e. The van der Waals surface area contributed by atoms with Gasteiger partial charge < -0.3 is 4.90 Å². The zero-order valence-corrected chi connectivity index (χ0v) is 29.9. The first-order chi connectivity index (χ1) is 24.7. The Balaban J connectivity index is 1.13. The van der Waals surface area contributed by atoms with Gasteiger partial charge in [0.2, 0.25) is 0 Å². The maximum atomic E-state index is 13.9. The topological polar surface area (TPSA) is 115 Å². The Kier molecular flexibility index (Phi) is 9.19. The summed E-state index contributed by atoms with van der Waals surface area (Å²) < 4.78 is 31.3. The third kappa shape index (κ3) is 6.51. The van der Waals surface area contributed by atoms with Gasteiger partial charge in [-0.05, 0) is 92.6 Å². The Morgan fingerprint density at radius 1 is 0.804 bits per heavy atom. The summed E-state index contributed by atoms with van der Waals surface area (Å²) in [6.45, 7) is 8.55. The van der Waals surface area contributed by atoms with Crippen molar-refractivity contribution in [3.8, 4) is 0 Å². The van der Waals surface area contributed by atoms with Crippen LogP contribution in [0.25, 0.3) is 10.8 Å². The van der Waals surface area contributed by atoms with Crippen LogP contribution in [0.15, 0.2) is 130 Å². The van der Waals surface area contributed by atoms with Gasteiger partial charge in [0.15, 0.2) is 0 Å². The maximum absolute atomic E-state index is 13.9. The minimum absolute atomic E-state index is 0.00162. The smallest absolute Gasteiger partial charge is 0.349 e. The van der Waals surface area contributed by atoms with E-state index in [1.54, 1.807) is 24.3 Å². The van der Waals surface area contributed by atoms with Crippen LogP contribution in [0.4, 0.5) is 27.9 Å². The molecule has 0 bridgehead atoms. The number of sulfonamides is 1. The van der Waals surface area contributed by atoms with Gasteiger partial charge >= 0.3 is 15.2 Å². The van der Waals surface area contributed by atoms with Crippen LogP contribution in [0.1, 0.15) is 45.7 Å². The number of thiazole rings is 1. The molecule has 7 rings (SSSR count). The number of aryl methyl sites for hydroxylation is 1. The van der Waals surface area contributed by atoms with Crippen molar-refractivity contribution >= 4 is 71.8 Å². The molecule has 0 atom stereocenters. The summed E-state index contributed by atoms with van der Waals surface area (Å²) >= 11 is 1.27. The highest BCUT2D eigenvalue weighted by Crippen LogP contribution is 2.38. The van der Waals surface area contributed by atoms with Crippen LogP contribution >= 0.6 is 11.3 Å². The Morgan fingerprint density at radius 2 is 1.49 bits per heavy atom. The Labute approximate surface area is 300 Å². The molecule has 0 radical (unpaired) electrons.